The Balaban J connectivity index is 0.00000180. The van der Waals surface area contributed by atoms with E-state index >= 15 is 0 Å². The zero-order valence-electron chi connectivity index (χ0n) is 30.2. The molecule has 8 aromatic rings. The fraction of sp³-hybridized carbons (Fsp3) is 0.0833. The first kappa shape index (κ1) is 40.5. The van der Waals surface area contributed by atoms with Crippen LogP contribution in [0.4, 0.5) is 0 Å². The van der Waals surface area contributed by atoms with Crippen LogP contribution in [0.25, 0.3) is 32.7 Å². The Labute approximate surface area is 342 Å². The summed E-state index contributed by atoms with van der Waals surface area (Å²) in [6, 6.07) is 64.6. The van der Waals surface area contributed by atoms with Crippen LogP contribution in [0.15, 0.2) is 170 Å². The summed E-state index contributed by atoms with van der Waals surface area (Å²) >= 11 is 0. The Morgan fingerprint density at radius 2 is 0.566 bits per heavy atom. The second-order valence-electron chi connectivity index (χ2n) is 13.4. The standard InChI is InChI=1S/C48H40P2.2ClH.Ru/c1-33-13-23-39(24-14-33)49(40-25-15-34(2)16-26-40)45-31-21-37-9-5-7-11-43(37)47(45)48-44-12-8-6-10-38(44)22-32-46(48)50(41-27-17-35(3)18-28-41)42-29-19-36(4)20-30-42;;;/h5-32H,1-4H3;2*1H;. The summed E-state index contributed by atoms with van der Waals surface area (Å²) in [5.74, 6) is 0. The normalized spacial score (nSPS) is 10.9. The van der Waals surface area contributed by atoms with E-state index in [1.165, 1.54) is 86.8 Å². The first-order valence-corrected chi connectivity index (χ1v) is 20.0. The summed E-state index contributed by atoms with van der Waals surface area (Å²) in [6.45, 7) is 8.72. The largest absolute Gasteiger partial charge is 0.147 e. The zero-order chi connectivity index (χ0) is 34.2. The van der Waals surface area contributed by atoms with Crippen molar-refractivity contribution >= 4 is 94.0 Å². The van der Waals surface area contributed by atoms with E-state index in [1.807, 2.05) is 0 Å². The van der Waals surface area contributed by atoms with Crippen LogP contribution in [0.3, 0.4) is 0 Å². The van der Waals surface area contributed by atoms with Gasteiger partial charge in [-0.05, 0) is 108 Å². The Kier molecular flexibility index (Phi) is 13.5. The number of fused-ring (bicyclic) bond motifs is 2. The van der Waals surface area contributed by atoms with E-state index in [0.29, 0.717) is 0 Å². The molecular weight excluding hydrogens is 810 g/mol. The van der Waals surface area contributed by atoms with E-state index in [9.17, 15) is 0 Å². The fourth-order valence-electron chi connectivity index (χ4n) is 7.05. The number of aryl methyl sites for hydroxylation is 4. The number of benzene rings is 8. The second-order valence-corrected chi connectivity index (χ2v) is 17.7. The first-order chi connectivity index (χ1) is 24.4. The Bertz CT molecular complexity index is 2190. The van der Waals surface area contributed by atoms with Crippen LogP contribution in [0.2, 0.25) is 0 Å². The number of rotatable bonds is 7. The molecule has 266 valence electrons. The molecule has 53 heavy (non-hydrogen) atoms. The summed E-state index contributed by atoms with van der Waals surface area (Å²) in [5.41, 5.74) is 7.84. The minimum Gasteiger partial charge on any atom is -0.147 e. The number of halogens is 2. The molecule has 5 heteroatoms. The molecule has 0 saturated heterocycles. The Morgan fingerprint density at radius 1 is 0.302 bits per heavy atom. The van der Waals surface area contributed by atoms with Gasteiger partial charge in [-0.2, -0.15) is 0 Å². The van der Waals surface area contributed by atoms with Crippen LogP contribution < -0.4 is 31.8 Å². The molecule has 0 N–H and O–H groups in total. The van der Waals surface area contributed by atoms with E-state index in [-0.39, 0.29) is 44.3 Å². The zero-order valence-corrected chi connectivity index (χ0v) is 35.4. The van der Waals surface area contributed by atoms with Crippen molar-refractivity contribution in [2.45, 2.75) is 27.7 Å². The predicted molar refractivity (Wildman–Crippen MR) is 238 cm³/mol. The fourth-order valence-corrected chi connectivity index (χ4v) is 11.9. The summed E-state index contributed by atoms with van der Waals surface area (Å²) in [7, 11) is -1.77. The SMILES string of the molecule is Cc1ccc(P(c2ccc(C)cc2)c2ccc3ccccc3c2-c2c(P(c3ccc(C)cc3)c3ccc(C)cc3)ccc3ccccc23)cc1.Cl.Cl.[Ru]. The number of hydrogen-bond donors (Lipinski definition) is 0. The van der Waals surface area contributed by atoms with Crippen molar-refractivity contribution in [1.29, 1.82) is 0 Å². The molecule has 0 spiro atoms. The van der Waals surface area contributed by atoms with Crippen molar-refractivity contribution in [3.05, 3.63) is 192 Å². The van der Waals surface area contributed by atoms with E-state index in [4.69, 9.17) is 0 Å². The summed E-state index contributed by atoms with van der Waals surface area (Å²) in [4.78, 5) is 0. The molecule has 8 rings (SSSR count). The molecule has 0 heterocycles. The average molecular weight is 853 g/mol. The van der Waals surface area contributed by atoms with Gasteiger partial charge in [-0.3, -0.25) is 0 Å². The van der Waals surface area contributed by atoms with Gasteiger partial charge in [0, 0.05) is 19.5 Å². The molecule has 0 aliphatic rings. The van der Waals surface area contributed by atoms with Crippen LogP contribution in [0.5, 0.6) is 0 Å². The van der Waals surface area contributed by atoms with Gasteiger partial charge in [-0.15, -0.1) is 24.8 Å². The van der Waals surface area contributed by atoms with Crippen LogP contribution in [-0.2, 0) is 19.5 Å². The number of hydrogen-bond acceptors (Lipinski definition) is 0. The van der Waals surface area contributed by atoms with Gasteiger partial charge in [0.2, 0.25) is 0 Å². The second kappa shape index (κ2) is 17.7. The summed E-state index contributed by atoms with van der Waals surface area (Å²) in [5, 5.41) is 13.4. The van der Waals surface area contributed by atoms with Crippen LogP contribution in [-0.4, -0.2) is 0 Å². The van der Waals surface area contributed by atoms with Crippen molar-refractivity contribution in [3.63, 3.8) is 0 Å². The maximum absolute atomic E-state index is 2.44. The third kappa shape index (κ3) is 8.23. The van der Waals surface area contributed by atoms with Gasteiger partial charge in [-0.1, -0.05) is 192 Å². The smallest absolute Gasteiger partial charge is 0 e. The minimum absolute atomic E-state index is 0. The van der Waals surface area contributed by atoms with Gasteiger partial charge in [0.25, 0.3) is 0 Å². The monoisotopic (exact) mass is 852 g/mol. The quantitative estimate of drug-likeness (QED) is 0.111. The molecule has 0 saturated carbocycles. The average Bonchev–Trinajstić information content (AvgIpc) is 3.15. The van der Waals surface area contributed by atoms with Gasteiger partial charge < -0.3 is 0 Å². The third-order valence-corrected chi connectivity index (χ3v) is 14.7. The van der Waals surface area contributed by atoms with Crippen molar-refractivity contribution in [3.8, 4) is 11.1 Å². The molecular formula is C48H42Cl2P2Ru. The molecule has 8 aromatic carbocycles. The minimum atomic E-state index is -0.885. The van der Waals surface area contributed by atoms with Gasteiger partial charge >= 0.3 is 0 Å². The molecule has 0 atom stereocenters. The van der Waals surface area contributed by atoms with Crippen LogP contribution in [0, 0.1) is 27.7 Å². The van der Waals surface area contributed by atoms with Crippen LogP contribution >= 0.6 is 40.7 Å². The molecule has 0 fully saturated rings. The van der Waals surface area contributed by atoms with Gasteiger partial charge in [0.15, 0.2) is 0 Å². The third-order valence-electron chi connectivity index (χ3n) is 9.71. The molecule has 0 aromatic heterocycles. The Morgan fingerprint density at radius 3 is 0.849 bits per heavy atom. The van der Waals surface area contributed by atoms with Crippen molar-refractivity contribution in [2.75, 3.05) is 0 Å². The van der Waals surface area contributed by atoms with Gasteiger partial charge in [0.05, 0.1) is 0 Å². The first-order valence-electron chi connectivity index (χ1n) is 17.4. The predicted octanol–water partition coefficient (Wildman–Crippen LogP) is 11.3. The topological polar surface area (TPSA) is 0 Å². The summed E-state index contributed by atoms with van der Waals surface area (Å²) < 4.78 is 0. The van der Waals surface area contributed by atoms with Crippen molar-refractivity contribution in [2.24, 2.45) is 0 Å². The van der Waals surface area contributed by atoms with E-state index < -0.39 is 15.8 Å². The molecule has 0 amide bonds. The molecule has 0 aliphatic carbocycles. The van der Waals surface area contributed by atoms with Crippen molar-refractivity contribution < 1.29 is 19.5 Å². The van der Waals surface area contributed by atoms with Crippen molar-refractivity contribution in [1.82, 2.24) is 0 Å². The van der Waals surface area contributed by atoms with Gasteiger partial charge in [0.1, 0.15) is 0 Å². The van der Waals surface area contributed by atoms with Gasteiger partial charge in [-0.25, -0.2) is 0 Å². The maximum atomic E-state index is 2.44. The maximum Gasteiger partial charge on any atom is 0 e. The van der Waals surface area contributed by atoms with E-state index in [2.05, 4.69) is 198 Å². The molecule has 0 nitrogen and oxygen atoms in total. The Hall–Kier alpha value is -3.66. The van der Waals surface area contributed by atoms with Crippen LogP contribution in [0.1, 0.15) is 22.3 Å². The molecule has 0 bridgehead atoms. The van der Waals surface area contributed by atoms with E-state index in [0.717, 1.165) is 0 Å². The molecule has 0 aliphatic heterocycles. The van der Waals surface area contributed by atoms with E-state index in [1.54, 1.807) is 0 Å². The molecule has 0 unspecified atom stereocenters. The molecule has 0 radical (unpaired) electrons. The summed E-state index contributed by atoms with van der Waals surface area (Å²) in [6.07, 6.45) is 0.